The zero-order valence-corrected chi connectivity index (χ0v) is 16.3. The van der Waals surface area contributed by atoms with E-state index in [0.29, 0.717) is 24.5 Å². The molecule has 2 aromatic rings. The topological polar surface area (TPSA) is 92.3 Å². The van der Waals surface area contributed by atoms with E-state index in [0.717, 1.165) is 16.5 Å². The van der Waals surface area contributed by atoms with Gasteiger partial charge in [-0.3, -0.25) is 4.79 Å². The molecule has 0 radical (unpaired) electrons. The Kier molecular flexibility index (Phi) is 5.90. The minimum Gasteiger partial charge on any atom is -0.300 e. The SMILES string of the molecule is CSc1nnc(NC(=O)C2CCCN(S(=O)(=O)c3ccc(F)cc3)C2)s1. The van der Waals surface area contributed by atoms with Crippen LogP contribution in [0.25, 0.3) is 0 Å². The first kappa shape index (κ1) is 19.2. The van der Waals surface area contributed by atoms with Crippen molar-refractivity contribution >= 4 is 44.2 Å². The number of halogens is 1. The van der Waals surface area contributed by atoms with Crippen molar-refractivity contribution in [3.8, 4) is 0 Å². The van der Waals surface area contributed by atoms with Gasteiger partial charge in [-0.15, -0.1) is 10.2 Å². The van der Waals surface area contributed by atoms with E-state index >= 15 is 0 Å². The molecule has 0 saturated carbocycles. The van der Waals surface area contributed by atoms with Gasteiger partial charge in [0.25, 0.3) is 0 Å². The van der Waals surface area contributed by atoms with Crippen molar-refractivity contribution in [3.05, 3.63) is 30.1 Å². The number of sulfonamides is 1. The number of hydrogen-bond acceptors (Lipinski definition) is 7. The van der Waals surface area contributed by atoms with Gasteiger partial charge in [-0.2, -0.15) is 4.31 Å². The highest BCUT2D eigenvalue weighted by atomic mass is 32.2. The van der Waals surface area contributed by atoms with Gasteiger partial charge in [0.1, 0.15) is 5.82 Å². The molecule has 1 unspecified atom stereocenters. The molecule has 3 rings (SSSR count). The van der Waals surface area contributed by atoms with Crippen LogP contribution in [0.5, 0.6) is 0 Å². The van der Waals surface area contributed by atoms with E-state index < -0.39 is 21.8 Å². The summed E-state index contributed by atoms with van der Waals surface area (Å²) in [6.07, 6.45) is 3.03. The fourth-order valence-electron chi connectivity index (χ4n) is 2.68. The third-order valence-corrected chi connectivity index (χ3v) is 7.71. The van der Waals surface area contributed by atoms with Crippen LogP contribution in [0.1, 0.15) is 12.8 Å². The number of amides is 1. The van der Waals surface area contributed by atoms with Crippen LogP contribution in [0.4, 0.5) is 9.52 Å². The van der Waals surface area contributed by atoms with Crippen molar-refractivity contribution in [1.29, 1.82) is 0 Å². The summed E-state index contributed by atoms with van der Waals surface area (Å²) in [5.41, 5.74) is 0. The van der Waals surface area contributed by atoms with E-state index in [4.69, 9.17) is 0 Å². The highest BCUT2D eigenvalue weighted by Gasteiger charge is 2.33. The molecule has 0 bridgehead atoms. The highest BCUT2D eigenvalue weighted by molar-refractivity contribution is 8.00. The molecule has 140 valence electrons. The Labute approximate surface area is 159 Å². The summed E-state index contributed by atoms with van der Waals surface area (Å²) in [4.78, 5) is 12.5. The average molecular weight is 417 g/mol. The Morgan fingerprint density at radius 3 is 2.73 bits per heavy atom. The molecular formula is C15H17FN4O3S3. The third-order valence-electron chi connectivity index (χ3n) is 4.02. The summed E-state index contributed by atoms with van der Waals surface area (Å²) < 4.78 is 40.5. The second kappa shape index (κ2) is 7.99. The minimum atomic E-state index is -3.76. The van der Waals surface area contributed by atoms with Gasteiger partial charge in [0, 0.05) is 13.1 Å². The van der Waals surface area contributed by atoms with Crippen molar-refractivity contribution in [1.82, 2.24) is 14.5 Å². The zero-order chi connectivity index (χ0) is 18.7. The molecule has 1 aliphatic heterocycles. The van der Waals surface area contributed by atoms with E-state index in [9.17, 15) is 17.6 Å². The quantitative estimate of drug-likeness (QED) is 0.595. The van der Waals surface area contributed by atoms with Crippen molar-refractivity contribution in [2.24, 2.45) is 5.92 Å². The normalized spacial score (nSPS) is 18.6. The summed E-state index contributed by atoms with van der Waals surface area (Å²) >= 11 is 2.71. The molecule has 1 aliphatic rings. The van der Waals surface area contributed by atoms with Crippen LogP contribution in [0.3, 0.4) is 0 Å². The summed E-state index contributed by atoms with van der Waals surface area (Å²) in [6, 6.07) is 4.69. The zero-order valence-electron chi connectivity index (χ0n) is 13.9. The lowest BCUT2D eigenvalue weighted by Crippen LogP contribution is -2.43. The van der Waals surface area contributed by atoms with E-state index in [1.54, 1.807) is 0 Å². The molecule has 1 aromatic heterocycles. The first-order chi connectivity index (χ1) is 12.4. The molecular weight excluding hydrogens is 399 g/mol. The number of benzene rings is 1. The molecule has 11 heteroatoms. The Bertz CT molecular complexity index is 886. The molecule has 1 amide bonds. The molecule has 1 atom stereocenters. The number of thioether (sulfide) groups is 1. The Morgan fingerprint density at radius 1 is 1.35 bits per heavy atom. The second-order valence-corrected chi connectivity index (χ2v) is 9.69. The molecule has 1 N–H and O–H groups in total. The molecule has 0 spiro atoms. The number of nitrogens with one attached hydrogen (secondary N) is 1. The fourth-order valence-corrected chi connectivity index (χ4v) is 5.38. The summed E-state index contributed by atoms with van der Waals surface area (Å²) in [6.45, 7) is 0.415. The van der Waals surface area contributed by atoms with Crippen molar-refractivity contribution in [2.45, 2.75) is 22.1 Å². The predicted molar refractivity (Wildman–Crippen MR) is 98.2 cm³/mol. The monoisotopic (exact) mass is 416 g/mol. The number of carbonyl (C=O) groups excluding carboxylic acids is 1. The largest absolute Gasteiger partial charge is 0.300 e. The molecule has 1 fully saturated rings. The van der Waals surface area contributed by atoms with E-state index in [2.05, 4.69) is 15.5 Å². The van der Waals surface area contributed by atoms with Crippen molar-refractivity contribution in [3.63, 3.8) is 0 Å². The standard InChI is InChI=1S/C15H17FN4O3S3/c1-24-15-19-18-14(25-15)17-13(21)10-3-2-8-20(9-10)26(22,23)12-6-4-11(16)5-7-12/h4-7,10H,2-3,8-9H2,1H3,(H,17,18,21). The maximum absolute atomic E-state index is 13.0. The van der Waals surface area contributed by atoms with Crippen LogP contribution < -0.4 is 5.32 Å². The van der Waals surface area contributed by atoms with Gasteiger partial charge >= 0.3 is 0 Å². The lowest BCUT2D eigenvalue weighted by molar-refractivity contribution is -0.120. The van der Waals surface area contributed by atoms with Crippen LogP contribution in [0.15, 0.2) is 33.5 Å². The Hall–Kier alpha value is -1.56. The van der Waals surface area contributed by atoms with Gasteiger partial charge in [-0.25, -0.2) is 12.8 Å². The summed E-state index contributed by atoms with van der Waals surface area (Å²) in [5, 5.41) is 10.9. The summed E-state index contributed by atoms with van der Waals surface area (Å²) in [5.74, 6) is -1.24. The highest BCUT2D eigenvalue weighted by Crippen LogP contribution is 2.27. The van der Waals surface area contributed by atoms with Crippen LogP contribution in [-0.2, 0) is 14.8 Å². The first-order valence-electron chi connectivity index (χ1n) is 7.84. The molecule has 0 aliphatic carbocycles. The van der Waals surface area contributed by atoms with Crippen molar-refractivity contribution < 1.29 is 17.6 Å². The van der Waals surface area contributed by atoms with Crippen LogP contribution >= 0.6 is 23.1 Å². The molecule has 26 heavy (non-hydrogen) atoms. The van der Waals surface area contributed by atoms with Gasteiger partial charge in [-0.1, -0.05) is 23.1 Å². The maximum atomic E-state index is 13.0. The predicted octanol–water partition coefficient (Wildman–Crippen LogP) is 2.44. The van der Waals surface area contributed by atoms with Crippen LogP contribution in [0.2, 0.25) is 0 Å². The molecule has 1 saturated heterocycles. The van der Waals surface area contributed by atoms with E-state index in [1.165, 1.54) is 39.5 Å². The first-order valence-corrected chi connectivity index (χ1v) is 11.3. The number of aromatic nitrogens is 2. The van der Waals surface area contributed by atoms with Crippen LogP contribution in [0, 0.1) is 11.7 Å². The van der Waals surface area contributed by atoms with Gasteiger partial charge < -0.3 is 5.32 Å². The Morgan fingerprint density at radius 2 is 2.08 bits per heavy atom. The number of anilines is 1. The second-order valence-electron chi connectivity index (χ2n) is 5.72. The van der Waals surface area contributed by atoms with Gasteiger partial charge in [0.2, 0.25) is 21.1 Å². The average Bonchev–Trinajstić information content (AvgIpc) is 3.10. The van der Waals surface area contributed by atoms with Crippen LogP contribution in [-0.4, -0.2) is 48.2 Å². The lowest BCUT2D eigenvalue weighted by atomic mass is 9.99. The summed E-state index contributed by atoms with van der Waals surface area (Å²) in [7, 11) is -3.76. The fraction of sp³-hybridized carbons (Fsp3) is 0.400. The van der Waals surface area contributed by atoms with Crippen molar-refractivity contribution in [2.75, 3.05) is 24.7 Å². The smallest absolute Gasteiger partial charge is 0.243 e. The van der Waals surface area contributed by atoms with Gasteiger partial charge in [0.15, 0.2) is 4.34 Å². The molecule has 1 aromatic carbocycles. The number of hydrogen-bond donors (Lipinski definition) is 1. The number of piperidine rings is 1. The molecule has 7 nitrogen and oxygen atoms in total. The minimum absolute atomic E-state index is 0.0219. The lowest BCUT2D eigenvalue weighted by Gasteiger charge is -2.31. The Balaban J connectivity index is 1.70. The third kappa shape index (κ3) is 4.22. The van der Waals surface area contributed by atoms with Gasteiger partial charge in [0.05, 0.1) is 10.8 Å². The molecule has 2 heterocycles. The van der Waals surface area contributed by atoms with E-state index in [1.807, 2.05) is 6.26 Å². The number of carbonyl (C=O) groups is 1. The number of nitrogens with zero attached hydrogens (tertiary/aromatic N) is 3. The number of rotatable bonds is 5. The maximum Gasteiger partial charge on any atom is 0.243 e. The van der Waals surface area contributed by atoms with E-state index in [-0.39, 0.29) is 17.3 Å². The van der Waals surface area contributed by atoms with Gasteiger partial charge in [-0.05, 0) is 43.4 Å².